The number of rotatable bonds is 4. The lowest BCUT2D eigenvalue weighted by Crippen LogP contribution is -2.14. The van der Waals surface area contributed by atoms with Gasteiger partial charge in [0, 0.05) is 23.9 Å². The first-order valence-electron chi connectivity index (χ1n) is 5.72. The summed E-state index contributed by atoms with van der Waals surface area (Å²) in [6.07, 6.45) is 0. The summed E-state index contributed by atoms with van der Waals surface area (Å²) in [5, 5.41) is 0. The highest BCUT2D eigenvalue weighted by molar-refractivity contribution is 5.96. The van der Waals surface area contributed by atoms with E-state index in [1.165, 1.54) is 25.3 Å². The summed E-state index contributed by atoms with van der Waals surface area (Å²) in [4.78, 5) is 11.3. The lowest BCUT2D eigenvalue weighted by molar-refractivity contribution is 0.0994. The van der Waals surface area contributed by atoms with Crippen LogP contribution in [-0.4, -0.2) is 13.0 Å². The van der Waals surface area contributed by atoms with Crippen molar-refractivity contribution < 1.29 is 18.7 Å². The summed E-state index contributed by atoms with van der Waals surface area (Å²) >= 11 is 0. The fraction of sp³-hybridized carbons (Fsp3) is 0.0714. The Kier molecular flexibility index (Phi) is 3.74. The third kappa shape index (κ3) is 2.80. The number of halogens is 1. The topological polar surface area (TPSA) is 87.6 Å². The number of methoxy groups -OCH3 is 1. The largest absolute Gasteiger partial charge is 0.497 e. The molecule has 0 saturated carbocycles. The quantitative estimate of drug-likeness (QED) is 0.839. The van der Waals surface area contributed by atoms with Gasteiger partial charge in [0.25, 0.3) is 5.91 Å². The standard InChI is InChI=1S/C14H13FN2O3/c1-19-9-5-8(16)6-10(7-9)20-12-4-2-3-11(15)13(12)14(17)18/h2-7H,16H2,1H3,(H2,17,18). The molecule has 5 nitrogen and oxygen atoms in total. The minimum Gasteiger partial charge on any atom is -0.497 e. The van der Waals surface area contributed by atoms with Crippen LogP contribution < -0.4 is 20.9 Å². The zero-order chi connectivity index (χ0) is 14.7. The van der Waals surface area contributed by atoms with Crippen LogP contribution in [0.25, 0.3) is 0 Å². The van der Waals surface area contributed by atoms with E-state index in [0.29, 0.717) is 17.2 Å². The minimum absolute atomic E-state index is 0.0187. The van der Waals surface area contributed by atoms with Gasteiger partial charge in [0.15, 0.2) is 0 Å². The van der Waals surface area contributed by atoms with Gasteiger partial charge in [-0.25, -0.2) is 4.39 Å². The molecule has 0 aliphatic heterocycles. The van der Waals surface area contributed by atoms with Crippen molar-refractivity contribution in [2.75, 3.05) is 12.8 Å². The fourth-order valence-electron chi connectivity index (χ4n) is 1.73. The molecule has 4 N–H and O–H groups in total. The number of carbonyl (C=O) groups is 1. The van der Waals surface area contributed by atoms with Crippen LogP contribution in [0.15, 0.2) is 36.4 Å². The van der Waals surface area contributed by atoms with Crippen molar-refractivity contribution in [1.29, 1.82) is 0 Å². The molecule has 6 heteroatoms. The van der Waals surface area contributed by atoms with Gasteiger partial charge in [0.1, 0.15) is 28.6 Å². The molecule has 0 radical (unpaired) electrons. The summed E-state index contributed by atoms with van der Waals surface area (Å²) in [5.41, 5.74) is 10.9. The molecule has 2 aromatic rings. The lowest BCUT2D eigenvalue weighted by atomic mass is 10.2. The molecule has 2 rings (SSSR count). The smallest absolute Gasteiger partial charge is 0.255 e. The predicted molar refractivity (Wildman–Crippen MR) is 72.4 cm³/mol. The number of nitrogens with two attached hydrogens (primary N) is 2. The molecular weight excluding hydrogens is 263 g/mol. The van der Waals surface area contributed by atoms with Crippen LogP contribution in [-0.2, 0) is 0 Å². The summed E-state index contributed by atoms with van der Waals surface area (Å²) in [5.74, 6) is -0.836. The Morgan fingerprint density at radius 1 is 1.20 bits per heavy atom. The van der Waals surface area contributed by atoms with Crippen molar-refractivity contribution >= 4 is 11.6 Å². The summed E-state index contributed by atoms with van der Waals surface area (Å²) in [6, 6.07) is 8.68. The molecule has 0 bridgehead atoms. The first-order chi connectivity index (χ1) is 9.51. The van der Waals surface area contributed by atoms with Gasteiger partial charge in [-0.3, -0.25) is 4.79 Å². The van der Waals surface area contributed by atoms with Crippen LogP contribution in [0.5, 0.6) is 17.2 Å². The van der Waals surface area contributed by atoms with Crippen LogP contribution in [0, 0.1) is 5.82 Å². The van der Waals surface area contributed by atoms with E-state index in [-0.39, 0.29) is 11.3 Å². The molecule has 0 aliphatic carbocycles. The molecule has 104 valence electrons. The summed E-state index contributed by atoms with van der Waals surface area (Å²) in [6.45, 7) is 0. The zero-order valence-electron chi connectivity index (χ0n) is 10.7. The molecule has 0 aromatic heterocycles. The predicted octanol–water partition coefficient (Wildman–Crippen LogP) is 2.31. The maximum absolute atomic E-state index is 13.6. The second kappa shape index (κ2) is 5.48. The van der Waals surface area contributed by atoms with Crippen LogP contribution in [0.4, 0.5) is 10.1 Å². The number of nitrogen functional groups attached to an aromatic ring is 1. The highest BCUT2D eigenvalue weighted by Gasteiger charge is 2.16. The Hall–Kier alpha value is -2.76. The first kappa shape index (κ1) is 13.7. The van der Waals surface area contributed by atoms with Crippen molar-refractivity contribution in [3.63, 3.8) is 0 Å². The van der Waals surface area contributed by atoms with E-state index in [9.17, 15) is 9.18 Å². The Morgan fingerprint density at radius 3 is 2.55 bits per heavy atom. The molecule has 0 saturated heterocycles. The van der Waals surface area contributed by atoms with Gasteiger partial charge < -0.3 is 20.9 Å². The van der Waals surface area contributed by atoms with Gasteiger partial charge >= 0.3 is 0 Å². The number of hydrogen-bond donors (Lipinski definition) is 2. The average Bonchev–Trinajstić information content (AvgIpc) is 2.37. The van der Waals surface area contributed by atoms with Crippen molar-refractivity contribution in [2.24, 2.45) is 5.73 Å². The van der Waals surface area contributed by atoms with Gasteiger partial charge in [-0.1, -0.05) is 6.07 Å². The number of ether oxygens (including phenoxy) is 2. The molecule has 0 aliphatic rings. The number of anilines is 1. The molecule has 0 atom stereocenters. The lowest BCUT2D eigenvalue weighted by Gasteiger charge is -2.11. The number of amides is 1. The normalized spacial score (nSPS) is 10.1. The average molecular weight is 276 g/mol. The Morgan fingerprint density at radius 2 is 1.90 bits per heavy atom. The van der Waals surface area contributed by atoms with E-state index in [1.54, 1.807) is 12.1 Å². The van der Waals surface area contributed by atoms with E-state index >= 15 is 0 Å². The van der Waals surface area contributed by atoms with Gasteiger partial charge in [0.2, 0.25) is 0 Å². The molecule has 0 spiro atoms. The number of carbonyl (C=O) groups excluding carboxylic acids is 1. The number of benzene rings is 2. The van der Waals surface area contributed by atoms with E-state index in [1.807, 2.05) is 0 Å². The summed E-state index contributed by atoms with van der Waals surface area (Å²) < 4.78 is 24.1. The first-order valence-corrected chi connectivity index (χ1v) is 5.72. The van der Waals surface area contributed by atoms with Crippen molar-refractivity contribution in [2.45, 2.75) is 0 Å². The van der Waals surface area contributed by atoms with E-state index in [4.69, 9.17) is 20.9 Å². The van der Waals surface area contributed by atoms with E-state index in [0.717, 1.165) is 6.07 Å². The third-order valence-electron chi connectivity index (χ3n) is 2.59. The van der Waals surface area contributed by atoms with Gasteiger partial charge in [-0.2, -0.15) is 0 Å². The molecule has 0 heterocycles. The molecule has 0 unspecified atom stereocenters. The maximum atomic E-state index is 13.6. The fourth-order valence-corrected chi connectivity index (χ4v) is 1.73. The molecular formula is C14H13FN2O3. The van der Waals surface area contributed by atoms with Crippen LogP contribution in [0.2, 0.25) is 0 Å². The number of primary amides is 1. The SMILES string of the molecule is COc1cc(N)cc(Oc2cccc(F)c2C(N)=O)c1. The van der Waals surface area contributed by atoms with Gasteiger partial charge in [-0.05, 0) is 12.1 Å². The molecule has 1 amide bonds. The monoisotopic (exact) mass is 276 g/mol. The number of hydrogen-bond acceptors (Lipinski definition) is 4. The van der Waals surface area contributed by atoms with Crippen molar-refractivity contribution in [1.82, 2.24) is 0 Å². The van der Waals surface area contributed by atoms with Gasteiger partial charge in [0.05, 0.1) is 7.11 Å². The zero-order valence-corrected chi connectivity index (χ0v) is 10.7. The van der Waals surface area contributed by atoms with Crippen LogP contribution in [0.1, 0.15) is 10.4 Å². The molecule has 2 aromatic carbocycles. The van der Waals surface area contributed by atoms with Crippen molar-refractivity contribution in [3.05, 3.63) is 47.8 Å². The maximum Gasteiger partial charge on any atom is 0.255 e. The van der Waals surface area contributed by atoms with Crippen LogP contribution >= 0.6 is 0 Å². The molecule has 20 heavy (non-hydrogen) atoms. The third-order valence-corrected chi connectivity index (χ3v) is 2.59. The minimum atomic E-state index is -0.908. The Balaban J connectivity index is 2.42. The van der Waals surface area contributed by atoms with Gasteiger partial charge in [-0.15, -0.1) is 0 Å². The second-order valence-corrected chi connectivity index (χ2v) is 4.02. The Labute approximate surface area is 114 Å². The highest BCUT2D eigenvalue weighted by Crippen LogP contribution is 2.31. The molecule has 0 fully saturated rings. The summed E-state index contributed by atoms with van der Waals surface area (Å²) in [7, 11) is 1.48. The van der Waals surface area contributed by atoms with E-state index in [2.05, 4.69) is 0 Å². The van der Waals surface area contributed by atoms with E-state index < -0.39 is 11.7 Å². The van der Waals surface area contributed by atoms with Crippen molar-refractivity contribution in [3.8, 4) is 17.2 Å². The second-order valence-electron chi connectivity index (χ2n) is 4.02. The highest BCUT2D eigenvalue weighted by atomic mass is 19.1. The Bertz CT molecular complexity index is 659. The van der Waals surface area contributed by atoms with Crippen LogP contribution in [0.3, 0.4) is 0 Å².